The van der Waals surface area contributed by atoms with E-state index in [1.54, 1.807) is 11.3 Å². The van der Waals surface area contributed by atoms with Crippen molar-refractivity contribution < 1.29 is 5.11 Å². The molecule has 0 atom stereocenters. The van der Waals surface area contributed by atoms with E-state index in [-0.39, 0.29) is 6.61 Å². The summed E-state index contributed by atoms with van der Waals surface area (Å²) < 4.78 is 2.39. The molecule has 2 rings (SSSR count). The molecule has 1 N–H and O–H groups in total. The summed E-state index contributed by atoms with van der Waals surface area (Å²) in [6.07, 6.45) is 0. The van der Waals surface area contributed by atoms with E-state index in [9.17, 15) is 0 Å². The molecule has 1 heterocycles. The van der Waals surface area contributed by atoms with Crippen molar-refractivity contribution in [2.24, 2.45) is 0 Å². The van der Waals surface area contributed by atoms with E-state index in [1.807, 2.05) is 0 Å². The molecule has 0 spiro atoms. The lowest BCUT2D eigenvalue weighted by Crippen LogP contribution is -1.75. The first-order valence-corrected chi connectivity index (χ1v) is 6.07. The summed E-state index contributed by atoms with van der Waals surface area (Å²) in [7, 11) is 0. The van der Waals surface area contributed by atoms with Crippen molar-refractivity contribution in [3.05, 3.63) is 26.6 Å². The Bertz CT molecular complexity index is 450. The lowest BCUT2D eigenvalue weighted by Gasteiger charge is -1.92. The highest BCUT2D eigenvalue weighted by Crippen LogP contribution is 2.34. The van der Waals surface area contributed by atoms with Crippen LogP contribution in [0.4, 0.5) is 0 Å². The van der Waals surface area contributed by atoms with Crippen LogP contribution in [0.3, 0.4) is 0 Å². The molecule has 68 valence electrons. The van der Waals surface area contributed by atoms with Gasteiger partial charge in [-0.25, -0.2) is 0 Å². The van der Waals surface area contributed by atoms with Gasteiger partial charge in [0.15, 0.2) is 0 Å². The molecule has 0 radical (unpaired) electrons. The van der Waals surface area contributed by atoms with Crippen LogP contribution in [0, 0.1) is 3.57 Å². The molecule has 1 aromatic heterocycles. The van der Waals surface area contributed by atoms with Gasteiger partial charge in [0.25, 0.3) is 0 Å². The first kappa shape index (κ1) is 9.76. The van der Waals surface area contributed by atoms with Crippen molar-refractivity contribution in [3.63, 3.8) is 0 Å². The molecule has 0 unspecified atom stereocenters. The van der Waals surface area contributed by atoms with Gasteiger partial charge in [0.1, 0.15) is 0 Å². The largest absolute Gasteiger partial charge is 0.391 e. The Morgan fingerprint density at radius 2 is 2.23 bits per heavy atom. The second-order valence-electron chi connectivity index (χ2n) is 2.67. The minimum Gasteiger partial charge on any atom is -0.391 e. The average Bonchev–Trinajstić information content (AvgIpc) is 2.44. The zero-order chi connectivity index (χ0) is 9.42. The smallest absolute Gasteiger partial charge is 0.0786 e. The number of halogens is 1. The van der Waals surface area contributed by atoms with E-state index in [2.05, 4.69) is 53.4 Å². The van der Waals surface area contributed by atoms with Gasteiger partial charge in [-0.15, -0.1) is 24.0 Å². The standard InChI is InChI=1S/C9H7IOS2/c10-5-1-2-7-6(3-5)9(12)8(4-11)13-7/h1-3,11-12H,4H2. The van der Waals surface area contributed by atoms with Gasteiger partial charge in [0.2, 0.25) is 0 Å². The molecular weight excluding hydrogens is 315 g/mol. The average molecular weight is 322 g/mol. The fraction of sp³-hybridized carbons (Fsp3) is 0.111. The number of fused-ring (bicyclic) bond motifs is 1. The molecule has 0 saturated carbocycles. The van der Waals surface area contributed by atoms with Crippen LogP contribution in [0.5, 0.6) is 0 Å². The summed E-state index contributed by atoms with van der Waals surface area (Å²) in [5.41, 5.74) is 0. The number of thiophene rings is 1. The van der Waals surface area contributed by atoms with E-state index in [4.69, 9.17) is 5.11 Å². The number of hydrogen-bond donors (Lipinski definition) is 2. The Morgan fingerprint density at radius 1 is 1.46 bits per heavy atom. The maximum absolute atomic E-state index is 9.05. The molecule has 1 nitrogen and oxygen atoms in total. The van der Waals surface area contributed by atoms with E-state index in [1.165, 1.54) is 8.27 Å². The Kier molecular flexibility index (Phi) is 2.83. The summed E-state index contributed by atoms with van der Waals surface area (Å²) >= 11 is 8.27. The highest BCUT2D eigenvalue weighted by atomic mass is 127. The van der Waals surface area contributed by atoms with Crippen molar-refractivity contribution in [3.8, 4) is 0 Å². The van der Waals surface area contributed by atoms with Crippen LogP contribution in [-0.2, 0) is 6.61 Å². The third-order valence-electron chi connectivity index (χ3n) is 1.84. The number of rotatable bonds is 1. The third-order valence-corrected chi connectivity index (χ3v) is 4.33. The zero-order valence-corrected chi connectivity index (χ0v) is 10.5. The van der Waals surface area contributed by atoms with Gasteiger partial charge in [0.05, 0.1) is 6.61 Å². The number of hydrogen-bond acceptors (Lipinski definition) is 3. The summed E-state index contributed by atoms with van der Waals surface area (Å²) in [5, 5.41) is 10.2. The SMILES string of the molecule is OCc1sc2ccc(I)cc2c1S. The van der Waals surface area contributed by atoms with Gasteiger partial charge in [-0.2, -0.15) is 0 Å². The quantitative estimate of drug-likeness (QED) is 0.610. The summed E-state index contributed by atoms with van der Waals surface area (Å²) in [6, 6.07) is 6.22. The van der Waals surface area contributed by atoms with E-state index >= 15 is 0 Å². The monoisotopic (exact) mass is 322 g/mol. The molecule has 0 saturated heterocycles. The van der Waals surface area contributed by atoms with Gasteiger partial charge >= 0.3 is 0 Å². The molecule has 13 heavy (non-hydrogen) atoms. The first-order chi connectivity index (χ1) is 6.22. The van der Waals surface area contributed by atoms with Gasteiger partial charge in [-0.1, -0.05) is 0 Å². The lowest BCUT2D eigenvalue weighted by molar-refractivity contribution is 0.283. The molecule has 0 aliphatic carbocycles. The number of aliphatic hydroxyl groups is 1. The van der Waals surface area contributed by atoms with Crippen molar-refractivity contribution in [2.45, 2.75) is 11.5 Å². The lowest BCUT2D eigenvalue weighted by atomic mass is 10.2. The van der Waals surface area contributed by atoms with Crippen LogP contribution in [-0.4, -0.2) is 5.11 Å². The van der Waals surface area contributed by atoms with Gasteiger partial charge < -0.3 is 5.11 Å². The van der Waals surface area contributed by atoms with Crippen molar-refractivity contribution >= 4 is 56.6 Å². The second-order valence-corrected chi connectivity index (χ2v) is 5.50. The molecule has 1 aromatic carbocycles. The van der Waals surface area contributed by atoms with Crippen LogP contribution in [0.15, 0.2) is 23.1 Å². The molecule has 0 amide bonds. The van der Waals surface area contributed by atoms with E-state index in [0.29, 0.717) is 0 Å². The Hall–Kier alpha value is 0.220. The topological polar surface area (TPSA) is 20.2 Å². The molecule has 0 fully saturated rings. The fourth-order valence-electron chi connectivity index (χ4n) is 1.21. The minimum absolute atomic E-state index is 0.0781. The fourth-order valence-corrected chi connectivity index (χ4v) is 3.12. The highest BCUT2D eigenvalue weighted by molar-refractivity contribution is 14.1. The summed E-state index contributed by atoms with van der Waals surface area (Å²) in [4.78, 5) is 1.86. The maximum Gasteiger partial charge on any atom is 0.0786 e. The molecule has 0 aliphatic rings. The third kappa shape index (κ3) is 1.72. The molecule has 0 bridgehead atoms. The van der Waals surface area contributed by atoms with Crippen LogP contribution in [0.2, 0.25) is 0 Å². The van der Waals surface area contributed by atoms with Gasteiger partial charge in [-0.3, -0.25) is 0 Å². The van der Waals surface area contributed by atoms with Crippen LogP contribution < -0.4 is 0 Å². The summed E-state index contributed by atoms with van der Waals surface area (Å²) in [6.45, 7) is 0.0781. The molecule has 4 heteroatoms. The van der Waals surface area contributed by atoms with Crippen molar-refractivity contribution in [1.29, 1.82) is 0 Å². The Balaban J connectivity index is 2.77. The predicted octanol–water partition coefficient (Wildman–Crippen LogP) is 3.29. The van der Waals surface area contributed by atoms with Crippen molar-refractivity contribution in [1.82, 2.24) is 0 Å². The highest BCUT2D eigenvalue weighted by Gasteiger charge is 2.07. The minimum atomic E-state index is 0.0781. The van der Waals surface area contributed by atoms with E-state index < -0.39 is 0 Å². The number of aliphatic hydroxyl groups excluding tert-OH is 1. The zero-order valence-electron chi connectivity index (χ0n) is 6.62. The van der Waals surface area contributed by atoms with Crippen LogP contribution >= 0.6 is 46.6 Å². The maximum atomic E-state index is 9.05. The van der Waals surface area contributed by atoms with Gasteiger partial charge in [0, 0.05) is 23.4 Å². The molecular formula is C9H7IOS2. The number of thiol groups is 1. The van der Waals surface area contributed by atoms with Crippen LogP contribution in [0.1, 0.15) is 4.88 Å². The molecule has 2 aromatic rings. The Labute approximate surface area is 99.3 Å². The summed E-state index contributed by atoms with van der Waals surface area (Å²) in [5.74, 6) is 0. The molecule has 0 aliphatic heterocycles. The van der Waals surface area contributed by atoms with Crippen LogP contribution in [0.25, 0.3) is 10.1 Å². The second kappa shape index (κ2) is 3.76. The first-order valence-electron chi connectivity index (χ1n) is 3.73. The van der Waals surface area contributed by atoms with Crippen molar-refractivity contribution in [2.75, 3.05) is 0 Å². The van der Waals surface area contributed by atoms with Gasteiger partial charge in [-0.05, 0) is 40.8 Å². The van der Waals surface area contributed by atoms with E-state index in [0.717, 1.165) is 15.2 Å². The Morgan fingerprint density at radius 3 is 2.92 bits per heavy atom. The normalized spacial score (nSPS) is 11.0. The number of benzene rings is 1. The predicted molar refractivity (Wildman–Crippen MR) is 67.7 cm³/mol.